The molecule has 7 nitrogen and oxygen atoms in total. The van der Waals surface area contributed by atoms with E-state index in [4.69, 9.17) is 0 Å². The van der Waals surface area contributed by atoms with Gasteiger partial charge in [0.05, 0.1) is 16.6 Å². The molecule has 1 aromatic rings. The van der Waals surface area contributed by atoms with Crippen LogP contribution in [-0.4, -0.2) is 68.3 Å². The smallest absolute Gasteiger partial charge is 0.244 e. The predicted octanol–water partition coefficient (Wildman–Crippen LogP) is 3.17. The number of halogens is 1. The minimum absolute atomic E-state index is 0.0485. The summed E-state index contributed by atoms with van der Waals surface area (Å²) in [5.74, 6) is -1.41. The third kappa shape index (κ3) is 4.63. The number of hydrogen-bond acceptors (Lipinski definition) is 5. The Kier molecular flexibility index (Phi) is 8.25. The van der Waals surface area contributed by atoms with Gasteiger partial charge in [-0.2, -0.15) is 0 Å². The number of nitrogens with one attached hydrogen (secondary N) is 2. The van der Waals surface area contributed by atoms with E-state index >= 15 is 0 Å². The molecule has 2 bridgehead atoms. The van der Waals surface area contributed by atoms with Gasteiger partial charge in [0.15, 0.2) is 0 Å². The molecule has 4 rings (SSSR count). The molecule has 3 unspecified atom stereocenters. The van der Waals surface area contributed by atoms with Crippen LogP contribution in [0.15, 0.2) is 30.3 Å². The van der Waals surface area contributed by atoms with E-state index < -0.39 is 22.6 Å². The standard InChI is InChI=1S/C25H34BrN3O4S/c1-2-3-7-12-27-23(32)21-25-15-17(26)20(34-25)18(22(31)28-16-10-5-4-6-11-16)19(25)24(33)29(21)13-8-9-14-30/h4-6,10-11,17-21,30H,2-3,7-9,12-15H2,1H3,(H,27,32)(H,28,31)/t17?,18-,19+,20-,21?,25?/m1/s1. The fraction of sp³-hybridized carbons (Fsp3) is 0.640. The number of amides is 3. The average Bonchev–Trinajstić information content (AvgIpc) is 3.41. The molecule has 186 valence electrons. The van der Waals surface area contributed by atoms with Gasteiger partial charge in [-0.15, -0.1) is 11.8 Å². The van der Waals surface area contributed by atoms with Crippen LogP contribution in [0.5, 0.6) is 0 Å². The molecular formula is C25H34BrN3O4S. The predicted molar refractivity (Wildman–Crippen MR) is 138 cm³/mol. The Bertz CT molecular complexity index is 903. The van der Waals surface area contributed by atoms with Crippen molar-refractivity contribution in [1.29, 1.82) is 0 Å². The maximum Gasteiger partial charge on any atom is 0.244 e. The molecule has 3 saturated heterocycles. The minimum atomic E-state index is -0.622. The van der Waals surface area contributed by atoms with Gasteiger partial charge in [-0.25, -0.2) is 0 Å². The zero-order valence-corrected chi connectivity index (χ0v) is 21.9. The number of thioether (sulfide) groups is 1. The number of fused-ring (bicyclic) bond motifs is 1. The summed E-state index contributed by atoms with van der Waals surface area (Å²) in [4.78, 5) is 42.5. The quantitative estimate of drug-likeness (QED) is 0.290. The second-order valence-corrected chi connectivity index (χ2v) is 12.2. The number of unbranched alkanes of at least 4 members (excludes halogenated alkanes) is 3. The van der Waals surface area contributed by atoms with Crippen molar-refractivity contribution in [3.63, 3.8) is 0 Å². The Morgan fingerprint density at radius 3 is 2.65 bits per heavy atom. The van der Waals surface area contributed by atoms with Crippen LogP contribution >= 0.6 is 27.7 Å². The Hall–Kier alpha value is -1.58. The Labute approximate surface area is 213 Å². The molecule has 0 radical (unpaired) electrons. The van der Waals surface area contributed by atoms with E-state index in [-0.39, 0.29) is 34.4 Å². The fourth-order valence-corrected chi connectivity index (χ4v) is 9.41. The summed E-state index contributed by atoms with van der Waals surface area (Å²) in [7, 11) is 0. The normalized spacial score (nSPS) is 31.6. The number of rotatable bonds is 11. The maximum atomic E-state index is 13.8. The van der Waals surface area contributed by atoms with Gasteiger partial charge >= 0.3 is 0 Å². The summed E-state index contributed by atoms with van der Waals surface area (Å²) in [5.41, 5.74) is 0.705. The van der Waals surface area contributed by atoms with Crippen LogP contribution in [0.1, 0.15) is 45.4 Å². The lowest BCUT2D eigenvalue weighted by Crippen LogP contribution is -2.54. The topological polar surface area (TPSA) is 98.7 Å². The van der Waals surface area contributed by atoms with E-state index in [0.29, 0.717) is 38.0 Å². The first kappa shape index (κ1) is 25.5. The number of carbonyl (C=O) groups excluding carboxylic acids is 3. The van der Waals surface area contributed by atoms with Gasteiger partial charge < -0.3 is 20.6 Å². The van der Waals surface area contributed by atoms with Gasteiger partial charge in [0, 0.05) is 35.5 Å². The maximum absolute atomic E-state index is 13.8. The number of nitrogens with zero attached hydrogens (tertiary/aromatic N) is 1. The highest BCUT2D eigenvalue weighted by atomic mass is 79.9. The molecule has 3 fully saturated rings. The monoisotopic (exact) mass is 551 g/mol. The molecule has 0 aromatic heterocycles. The van der Waals surface area contributed by atoms with E-state index in [9.17, 15) is 19.5 Å². The average molecular weight is 553 g/mol. The number of aliphatic hydroxyl groups excluding tert-OH is 1. The van der Waals surface area contributed by atoms with E-state index in [1.807, 2.05) is 30.3 Å². The Morgan fingerprint density at radius 2 is 1.94 bits per heavy atom. The molecule has 34 heavy (non-hydrogen) atoms. The highest BCUT2D eigenvalue weighted by Crippen LogP contribution is 2.67. The number of aliphatic hydroxyl groups is 1. The number of hydrogen-bond donors (Lipinski definition) is 3. The van der Waals surface area contributed by atoms with Gasteiger partial charge in [-0.1, -0.05) is 53.9 Å². The van der Waals surface area contributed by atoms with E-state index in [1.54, 1.807) is 16.7 Å². The SMILES string of the molecule is CCCCCNC(=O)C1N(CCCCO)C(=O)[C@@H]2[C@@H](C(=O)Nc3ccccc3)[C@@H]3SC12CC3Br. The number of anilines is 1. The molecule has 3 heterocycles. The van der Waals surface area contributed by atoms with Crippen molar-refractivity contribution in [2.45, 2.75) is 66.3 Å². The zero-order chi connectivity index (χ0) is 24.3. The first-order chi connectivity index (χ1) is 16.4. The van der Waals surface area contributed by atoms with E-state index in [2.05, 4.69) is 33.5 Å². The lowest BCUT2D eigenvalue weighted by atomic mass is 9.70. The van der Waals surface area contributed by atoms with Gasteiger partial charge in [-0.3, -0.25) is 14.4 Å². The van der Waals surface area contributed by atoms with Crippen molar-refractivity contribution >= 4 is 51.1 Å². The van der Waals surface area contributed by atoms with Crippen LogP contribution < -0.4 is 10.6 Å². The van der Waals surface area contributed by atoms with E-state index in [1.165, 1.54) is 0 Å². The fourth-order valence-electron chi connectivity index (χ4n) is 5.79. The van der Waals surface area contributed by atoms with Crippen LogP contribution in [0, 0.1) is 11.8 Å². The summed E-state index contributed by atoms with van der Waals surface area (Å²) in [6.45, 7) is 3.17. The first-order valence-electron chi connectivity index (χ1n) is 12.3. The van der Waals surface area contributed by atoms with Crippen molar-refractivity contribution in [2.75, 3.05) is 25.0 Å². The van der Waals surface area contributed by atoms with E-state index in [0.717, 1.165) is 19.3 Å². The molecule has 3 amide bonds. The van der Waals surface area contributed by atoms with Crippen molar-refractivity contribution in [3.05, 3.63) is 30.3 Å². The summed E-state index contributed by atoms with van der Waals surface area (Å²) in [6.07, 6.45) is 4.89. The van der Waals surface area contributed by atoms with Crippen LogP contribution in [0.4, 0.5) is 5.69 Å². The van der Waals surface area contributed by atoms with Crippen LogP contribution in [0.3, 0.4) is 0 Å². The zero-order valence-electron chi connectivity index (χ0n) is 19.5. The number of para-hydroxylation sites is 1. The van der Waals surface area contributed by atoms with Gasteiger partial charge in [0.2, 0.25) is 17.7 Å². The molecule has 9 heteroatoms. The minimum Gasteiger partial charge on any atom is -0.396 e. The summed E-state index contributed by atoms with van der Waals surface area (Å²) >= 11 is 5.43. The van der Waals surface area contributed by atoms with Gasteiger partial charge in [0.25, 0.3) is 0 Å². The molecule has 3 aliphatic rings. The van der Waals surface area contributed by atoms with Crippen molar-refractivity contribution in [2.24, 2.45) is 11.8 Å². The molecule has 1 aromatic carbocycles. The Morgan fingerprint density at radius 1 is 1.18 bits per heavy atom. The Balaban J connectivity index is 1.61. The van der Waals surface area contributed by atoms with Gasteiger partial charge in [0.1, 0.15) is 6.04 Å². The molecule has 0 aliphatic carbocycles. The summed E-state index contributed by atoms with van der Waals surface area (Å²) in [5, 5.41) is 15.3. The molecular weight excluding hydrogens is 518 g/mol. The second-order valence-electron chi connectivity index (χ2n) is 9.48. The number of alkyl halides is 1. The van der Waals surface area contributed by atoms with Crippen LogP contribution in [-0.2, 0) is 14.4 Å². The van der Waals surface area contributed by atoms with Crippen molar-refractivity contribution in [3.8, 4) is 0 Å². The molecule has 0 saturated carbocycles. The largest absolute Gasteiger partial charge is 0.396 e. The summed E-state index contributed by atoms with van der Waals surface area (Å²) in [6, 6.07) is 8.69. The van der Waals surface area contributed by atoms with Crippen molar-refractivity contribution in [1.82, 2.24) is 10.2 Å². The molecule has 6 atom stereocenters. The third-order valence-electron chi connectivity index (χ3n) is 7.27. The van der Waals surface area contributed by atoms with Crippen LogP contribution in [0.2, 0.25) is 0 Å². The first-order valence-corrected chi connectivity index (χ1v) is 14.1. The lowest BCUT2D eigenvalue weighted by Gasteiger charge is -2.35. The third-order valence-corrected chi connectivity index (χ3v) is 10.5. The van der Waals surface area contributed by atoms with Crippen LogP contribution in [0.25, 0.3) is 0 Å². The summed E-state index contributed by atoms with van der Waals surface area (Å²) < 4.78 is -0.622. The highest BCUT2D eigenvalue weighted by molar-refractivity contribution is 9.09. The van der Waals surface area contributed by atoms with Crippen molar-refractivity contribution < 1.29 is 19.5 Å². The number of carbonyl (C=O) groups is 3. The molecule has 3 aliphatic heterocycles. The molecule has 3 N–H and O–H groups in total. The lowest BCUT2D eigenvalue weighted by molar-refractivity contribution is -0.139. The molecule has 1 spiro atoms. The highest BCUT2D eigenvalue weighted by Gasteiger charge is 2.75. The number of benzene rings is 1. The second kappa shape index (κ2) is 11.0. The van der Waals surface area contributed by atoms with Gasteiger partial charge in [-0.05, 0) is 37.8 Å². The number of likely N-dealkylation sites (tertiary alicyclic amines) is 1.